The summed E-state index contributed by atoms with van der Waals surface area (Å²) in [6.07, 6.45) is 5.24. The largest absolute Gasteiger partial charge is 0.360 e. The van der Waals surface area contributed by atoms with Crippen LogP contribution in [0.2, 0.25) is 0 Å². The smallest absolute Gasteiger partial charge is 0.273 e. The predicted octanol–water partition coefficient (Wildman–Crippen LogP) is 3.26. The fraction of sp³-hybridized carbons (Fsp3) is 0.789. The van der Waals surface area contributed by atoms with E-state index in [1.807, 2.05) is 13.8 Å². The average molecular weight is 432 g/mol. The van der Waals surface area contributed by atoms with Gasteiger partial charge in [0, 0.05) is 36.0 Å². The molecule has 7 nitrogen and oxygen atoms in total. The molecule has 9 heteroatoms. The monoisotopic (exact) mass is 431 g/mol. The molecule has 1 amide bonds. The molecular formula is C19H30ClN3O4S. The van der Waals surface area contributed by atoms with Crippen LogP contribution in [-0.4, -0.2) is 53.5 Å². The van der Waals surface area contributed by atoms with Crippen molar-refractivity contribution in [2.24, 2.45) is 0 Å². The number of rotatable bonds is 9. The third-order valence-corrected chi connectivity index (χ3v) is 8.02. The van der Waals surface area contributed by atoms with Crippen LogP contribution in [0, 0.1) is 0 Å². The SMILES string of the molecule is CC[C@@H]1CC(NC(=O)c2cc(C3CC3)on2)C[C@H](CC)N1S(=O)(=O)CCCCl. The maximum Gasteiger partial charge on any atom is 0.273 e. The van der Waals surface area contributed by atoms with E-state index in [9.17, 15) is 13.2 Å². The van der Waals surface area contributed by atoms with Crippen LogP contribution >= 0.6 is 11.6 Å². The summed E-state index contributed by atoms with van der Waals surface area (Å²) in [5, 5.41) is 6.95. The first-order chi connectivity index (χ1) is 13.4. The average Bonchev–Trinajstić information content (AvgIpc) is 3.41. The summed E-state index contributed by atoms with van der Waals surface area (Å²) in [4.78, 5) is 12.6. The van der Waals surface area contributed by atoms with Gasteiger partial charge in [0.05, 0.1) is 5.75 Å². The third-order valence-electron chi connectivity index (χ3n) is 5.71. The maximum atomic E-state index is 12.9. The van der Waals surface area contributed by atoms with Gasteiger partial charge in [0.2, 0.25) is 10.0 Å². The number of hydrogen-bond donors (Lipinski definition) is 1. The van der Waals surface area contributed by atoms with Crippen molar-refractivity contribution in [3.05, 3.63) is 17.5 Å². The van der Waals surface area contributed by atoms with Crippen molar-refractivity contribution in [1.29, 1.82) is 0 Å². The first-order valence-corrected chi connectivity index (χ1v) is 12.4. The van der Waals surface area contributed by atoms with E-state index >= 15 is 0 Å². The standard InChI is InChI=1S/C19H30ClN3O4S/c1-3-15-10-14(11-16(4-2)23(15)28(25,26)9-5-8-20)21-19(24)17-12-18(27-22-17)13-6-7-13/h12-16H,3-11H2,1-2H3,(H,21,24)/t14?,15-,16+. The Labute approximate surface area is 172 Å². The van der Waals surface area contributed by atoms with E-state index < -0.39 is 10.0 Å². The van der Waals surface area contributed by atoms with Gasteiger partial charge in [-0.25, -0.2) is 8.42 Å². The molecule has 1 aliphatic carbocycles. The minimum Gasteiger partial charge on any atom is -0.360 e. The Morgan fingerprint density at radius 1 is 1.29 bits per heavy atom. The Hall–Kier alpha value is -1.12. The highest BCUT2D eigenvalue weighted by Gasteiger charge is 2.41. The molecule has 1 aliphatic heterocycles. The Bertz CT molecular complexity index is 764. The van der Waals surface area contributed by atoms with Crippen molar-refractivity contribution in [1.82, 2.24) is 14.8 Å². The van der Waals surface area contributed by atoms with Crippen LogP contribution in [0.3, 0.4) is 0 Å². The van der Waals surface area contributed by atoms with Gasteiger partial charge in [-0.3, -0.25) is 4.79 Å². The number of hydrogen-bond acceptors (Lipinski definition) is 5. The van der Waals surface area contributed by atoms with Crippen LogP contribution < -0.4 is 5.32 Å². The second-order valence-corrected chi connectivity index (χ2v) is 10.2. The van der Waals surface area contributed by atoms with E-state index in [-0.39, 0.29) is 29.8 Å². The Morgan fingerprint density at radius 2 is 1.93 bits per heavy atom. The van der Waals surface area contributed by atoms with Crippen LogP contribution in [0.25, 0.3) is 0 Å². The van der Waals surface area contributed by atoms with Crippen molar-refractivity contribution in [3.63, 3.8) is 0 Å². The number of carbonyl (C=O) groups excluding carboxylic acids is 1. The number of nitrogens with one attached hydrogen (secondary N) is 1. The zero-order valence-electron chi connectivity index (χ0n) is 16.6. The van der Waals surface area contributed by atoms with Gasteiger partial charge in [0.1, 0.15) is 5.76 Å². The van der Waals surface area contributed by atoms with Gasteiger partial charge in [-0.15, -0.1) is 11.6 Å². The van der Waals surface area contributed by atoms with E-state index in [0.29, 0.717) is 49.6 Å². The van der Waals surface area contributed by atoms with Crippen molar-refractivity contribution in [2.45, 2.75) is 82.8 Å². The highest BCUT2D eigenvalue weighted by atomic mass is 35.5. The van der Waals surface area contributed by atoms with Crippen molar-refractivity contribution in [3.8, 4) is 0 Å². The lowest BCUT2D eigenvalue weighted by molar-refractivity contribution is 0.0866. The van der Waals surface area contributed by atoms with E-state index in [4.69, 9.17) is 16.1 Å². The van der Waals surface area contributed by atoms with Gasteiger partial charge in [-0.1, -0.05) is 19.0 Å². The molecule has 3 rings (SSSR count). The highest BCUT2D eigenvalue weighted by Crippen LogP contribution is 2.40. The molecule has 2 aliphatic rings. The van der Waals surface area contributed by atoms with Crippen molar-refractivity contribution >= 4 is 27.5 Å². The van der Waals surface area contributed by atoms with Gasteiger partial charge in [-0.05, 0) is 44.9 Å². The Balaban J connectivity index is 1.68. The molecule has 1 unspecified atom stereocenters. The number of carbonyl (C=O) groups is 1. The molecular weight excluding hydrogens is 402 g/mol. The molecule has 1 aromatic heterocycles. The molecule has 0 aromatic carbocycles. The van der Waals surface area contributed by atoms with Crippen LogP contribution in [0.15, 0.2) is 10.6 Å². The quantitative estimate of drug-likeness (QED) is 0.606. The molecule has 28 heavy (non-hydrogen) atoms. The lowest BCUT2D eigenvalue weighted by Gasteiger charge is -2.44. The van der Waals surface area contributed by atoms with Gasteiger partial charge >= 0.3 is 0 Å². The van der Waals surface area contributed by atoms with Gasteiger partial charge < -0.3 is 9.84 Å². The molecule has 2 heterocycles. The van der Waals surface area contributed by atoms with E-state index in [0.717, 1.165) is 18.6 Å². The number of piperidine rings is 1. The number of nitrogens with zero attached hydrogens (tertiary/aromatic N) is 2. The van der Waals surface area contributed by atoms with Gasteiger partial charge in [0.15, 0.2) is 5.69 Å². The van der Waals surface area contributed by atoms with E-state index in [1.165, 1.54) is 0 Å². The highest BCUT2D eigenvalue weighted by molar-refractivity contribution is 7.89. The topological polar surface area (TPSA) is 92.5 Å². The summed E-state index contributed by atoms with van der Waals surface area (Å²) in [6.45, 7) is 3.98. The fourth-order valence-corrected chi connectivity index (χ4v) is 6.47. The minimum atomic E-state index is -3.36. The lowest BCUT2D eigenvalue weighted by Crippen LogP contribution is -2.57. The van der Waals surface area contributed by atoms with Crippen molar-refractivity contribution < 1.29 is 17.7 Å². The third kappa shape index (κ3) is 4.89. The summed E-state index contributed by atoms with van der Waals surface area (Å²) in [5.41, 5.74) is 0.306. The molecule has 1 aromatic rings. The number of sulfonamides is 1. The van der Waals surface area contributed by atoms with Gasteiger partial charge in [-0.2, -0.15) is 4.31 Å². The summed E-state index contributed by atoms with van der Waals surface area (Å²) in [5.74, 6) is 1.35. The molecule has 0 spiro atoms. The second kappa shape index (κ2) is 9.13. The maximum absolute atomic E-state index is 12.9. The van der Waals surface area contributed by atoms with Gasteiger partial charge in [0.25, 0.3) is 5.91 Å². The number of aromatic nitrogens is 1. The van der Waals surface area contributed by atoms with Crippen LogP contribution in [0.5, 0.6) is 0 Å². The second-order valence-electron chi connectivity index (χ2n) is 7.84. The first-order valence-electron chi connectivity index (χ1n) is 10.2. The predicted molar refractivity (Wildman–Crippen MR) is 108 cm³/mol. The molecule has 158 valence electrons. The number of halogens is 1. The number of alkyl halides is 1. The van der Waals surface area contributed by atoms with Crippen LogP contribution in [0.4, 0.5) is 0 Å². The normalized spacial score (nSPS) is 26.3. The molecule has 1 N–H and O–H groups in total. The summed E-state index contributed by atoms with van der Waals surface area (Å²) < 4.78 is 32.7. The summed E-state index contributed by atoms with van der Waals surface area (Å²) in [7, 11) is -3.36. The molecule has 3 atom stereocenters. The lowest BCUT2D eigenvalue weighted by atomic mass is 9.91. The summed E-state index contributed by atoms with van der Waals surface area (Å²) in [6, 6.07) is 1.41. The molecule has 1 saturated carbocycles. The zero-order chi connectivity index (χ0) is 20.3. The van der Waals surface area contributed by atoms with Crippen LogP contribution in [0.1, 0.15) is 81.0 Å². The van der Waals surface area contributed by atoms with E-state index in [2.05, 4.69) is 10.5 Å². The molecule has 2 fully saturated rings. The van der Waals surface area contributed by atoms with E-state index in [1.54, 1.807) is 10.4 Å². The first kappa shape index (κ1) is 21.6. The summed E-state index contributed by atoms with van der Waals surface area (Å²) >= 11 is 5.71. The molecule has 1 saturated heterocycles. The Kier molecular flexibility index (Phi) is 7.04. The number of amides is 1. The Morgan fingerprint density at radius 3 is 2.46 bits per heavy atom. The molecule has 0 bridgehead atoms. The zero-order valence-corrected chi connectivity index (χ0v) is 18.1. The molecule has 0 radical (unpaired) electrons. The van der Waals surface area contributed by atoms with Crippen LogP contribution in [-0.2, 0) is 10.0 Å². The van der Waals surface area contributed by atoms with Crippen molar-refractivity contribution in [2.75, 3.05) is 11.6 Å². The minimum absolute atomic E-state index is 0.0728. The fourth-order valence-electron chi connectivity index (χ4n) is 4.08.